The van der Waals surface area contributed by atoms with Gasteiger partial charge in [0.1, 0.15) is 0 Å². The van der Waals surface area contributed by atoms with Gasteiger partial charge >= 0.3 is 0 Å². The molecule has 12 heavy (non-hydrogen) atoms. The molecule has 0 aromatic rings. The Morgan fingerprint density at radius 3 is 3.00 bits per heavy atom. The van der Waals surface area contributed by atoms with Gasteiger partial charge in [0.05, 0.1) is 0 Å². The van der Waals surface area contributed by atoms with Crippen molar-refractivity contribution in [2.75, 3.05) is 13.1 Å². The average molecular weight is 168 g/mol. The zero-order valence-corrected chi connectivity index (χ0v) is 8.19. The van der Waals surface area contributed by atoms with Crippen molar-refractivity contribution in [3.05, 3.63) is 12.7 Å². The molecule has 2 nitrogen and oxygen atoms in total. The molecule has 1 aliphatic heterocycles. The highest BCUT2D eigenvalue weighted by atomic mass is 15.0. The number of hydrogen-bond donors (Lipinski definition) is 2. The Balaban J connectivity index is 2.31. The normalized spacial score (nSPS) is 28.3. The molecule has 0 radical (unpaired) electrons. The second kappa shape index (κ2) is 4.06. The Hall–Kier alpha value is -0.340. The molecule has 1 saturated heterocycles. The molecule has 0 aromatic carbocycles. The van der Waals surface area contributed by atoms with E-state index in [2.05, 4.69) is 31.1 Å². The molecule has 2 heteroatoms. The Morgan fingerprint density at radius 1 is 1.67 bits per heavy atom. The Kier molecular flexibility index (Phi) is 3.29. The quantitative estimate of drug-likeness (QED) is 0.621. The van der Waals surface area contributed by atoms with Crippen molar-refractivity contribution in [2.45, 2.75) is 38.3 Å². The second-order valence-electron chi connectivity index (χ2n) is 4.20. The lowest BCUT2D eigenvalue weighted by Gasteiger charge is -2.36. The minimum atomic E-state index is 0.303. The van der Waals surface area contributed by atoms with Gasteiger partial charge in [0.15, 0.2) is 0 Å². The van der Waals surface area contributed by atoms with Crippen LogP contribution in [0.15, 0.2) is 12.7 Å². The third-order valence-electron chi connectivity index (χ3n) is 2.40. The second-order valence-corrected chi connectivity index (χ2v) is 4.20. The minimum Gasteiger partial charge on any atom is -0.312 e. The van der Waals surface area contributed by atoms with E-state index in [9.17, 15) is 0 Å². The molecule has 1 rings (SSSR count). The van der Waals surface area contributed by atoms with Crippen molar-refractivity contribution in [1.82, 2.24) is 10.6 Å². The summed E-state index contributed by atoms with van der Waals surface area (Å²) in [5, 5.41) is 6.97. The van der Waals surface area contributed by atoms with Gasteiger partial charge in [-0.15, -0.1) is 6.58 Å². The van der Waals surface area contributed by atoms with E-state index in [0.29, 0.717) is 11.6 Å². The highest BCUT2D eigenvalue weighted by Gasteiger charge is 2.26. The van der Waals surface area contributed by atoms with Crippen molar-refractivity contribution in [1.29, 1.82) is 0 Å². The molecule has 0 aliphatic carbocycles. The molecule has 1 heterocycles. The van der Waals surface area contributed by atoms with Gasteiger partial charge in [-0.25, -0.2) is 0 Å². The van der Waals surface area contributed by atoms with Gasteiger partial charge in [0.25, 0.3) is 0 Å². The summed E-state index contributed by atoms with van der Waals surface area (Å²) in [6, 6.07) is 0.666. The minimum absolute atomic E-state index is 0.303. The van der Waals surface area contributed by atoms with Crippen LogP contribution in [0.25, 0.3) is 0 Å². The summed E-state index contributed by atoms with van der Waals surface area (Å²) in [5.74, 6) is 0. The molecule has 0 spiro atoms. The van der Waals surface area contributed by atoms with Crippen LogP contribution < -0.4 is 10.6 Å². The van der Waals surface area contributed by atoms with Gasteiger partial charge in [-0.1, -0.05) is 6.08 Å². The van der Waals surface area contributed by atoms with E-state index in [4.69, 9.17) is 0 Å². The van der Waals surface area contributed by atoms with Gasteiger partial charge in [-0.05, 0) is 33.2 Å². The summed E-state index contributed by atoms with van der Waals surface area (Å²) in [7, 11) is 0. The summed E-state index contributed by atoms with van der Waals surface area (Å²) in [6.45, 7) is 10.3. The molecule has 1 fully saturated rings. The molecular formula is C10H20N2. The smallest absolute Gasteiger partial charge is 0.0139 e. The third-order valence-corrected chi connectivity index (χ3v) is 2.40. The van der Waals surface area contributed by atoms with Gasteiger partial charge in [-0.2, -0.15) is 0 Å². The van der Waals surface area contributed by atoms with Crippen LogP contribution >= 0.6 is 0 Å². The fourth-order valence-corrected chi connectivity index (χ4v) is 1.80. The summed E-state index contributed by atoms with van der Waals surface area (Å²) in [5.41, 5.74) is 0.303. The molecule has 2 N–H and O–H groups in total. The Morgan fingerprint density at radius 2 is 2.42 bits per heavy atom. The first-order chi connectivity index (χ1) is 5.64. The van der Waals surface area contributed by atoms with Crippen LogP contribution in [-0.4, -0.2) is 24.7 Å². The van der Waals surface area contributed by atoms with Gasteiger partial charge in [-0.3, -0.25) is 0 Å². The van der Waals surface area contributed by atoms with Crippen LogP contribution in [0, 0.1) is 0 Å². The number of piperidine rings is 1. The third kappa shape index (κ3) is 2.95. The van der Waals surface area contributed by atoms with E-state index in [1.165, 1.54) is 12.8 Å². The van der Waals surface area contributed by atoms with Gasteiger partial charge in [0.2, 0.25) is 0 Å². The molecule has 1 unspecified atom stereocenters. The van der Waals surface area contributed by atoms with E-state index < -0.39 is 0 Å². The molecular weight excluding hydrogens is 148 g/mol. The maximum Gasteiger partial charge on any atom is 0.0139 e. The van der Waals surface area contributed by atoms with Crippen LogP contribution in [0.3, 0.4) is 0 Å². The summed E-state index contributed by atoms with van der Waals surface area (Å²) in [4.78, 5) is 0. The van der Waals surface area contributed by atoms with Gasteiger partial charge in [0, 0.05) is 18.1 Å². The summed E-state index contributed by atoms with van der Waals surface area (Å²) in [6.07, 6.45) is 4.37. The van der Waals surface area contributed by atoms with Crippen molar-refractivity contribution in [3.63, 3.8) is 0 Å². The summed E-state index contributed by atoms with van der Waals surface area (Å²) >= 11 is 0. The van der Waals surface area contributed by atoms with E-state index in [0.717, 1.165) is 13.1 Å². The molecule has 0 aromatic heterocycles. The Bertz CT molecular complexity index is 152. The molecule has 1 atom stereocenters. The van der Waals surface area contributed by atoms with Crippen LogP contribution in [0.2, 0.25) is 0 Å². The van der Waals surface area contributed by atoms with Crippen LogP contribution in [-0.2, 0) is 0 Å². The van der Waals surface area contributed by atoms with Crippen molar-refractivity contribution in [2.24, 2.45) is 0 Å². The molecule has 70 valence electrons. The lowest BCUT2D eigenvalue weighted by Crippen LogP contribution is -2.51. The van der Waals surface area contributed by atoms with Crippen molar-refractivity contribution in [3.8, 4) is 0 Å². The van der Waals surface area contributed by atoms with Crippen LogP contribution in [0.5, 0.6) is 0 Å². The predicted molar refractivity (Wildman–Crippen MR) is 53.3 cm³/mol. The van der Waals surface area contributed by atoms with E-state index in [1.807, 2.05) is 6.08 Å². The SMILES string of the molecule is C=CCNC1CCNC(C)(C)C1. The maximum absolute atomic E-state index is 3.70. The number of hydrogen-bond acceptors (Lipinski definition) is 2. The summed E-state index contributed by atoms with van der Waals surface area (Å²) < 4.78 is 0. The molecule has 0 amide bonds. The van der Waals surface area contributed by atoms with E-state index in [1.54, 1.807) is 0 Å². The van der Waals surface area contributed by atoms with Crippen molar-refractivity contribution >= 4 is 0 Å². The first kappa shape index (κ1) is 9.75. The topological polar surface area (TPSA) is 24.1 Å². The lowest BCUT2D eigenvalue weighted by atomic mass is 9.89. The lowest BCUT2D eigenvalue weighted by molar-refractivity contribution is 0.252. The first-order valence-corrected chi connectivity index (χ1v) is 4.73. The predicted octanol–water partition coefficient (Wildman–Crippen LogP) is 1.29. The zero-order valence-electron chi connectivity index (χ0n) is 8.19. The maximum atomic E-state index is 3.70. The molecule has 1 aliphatic rings. The molecule has 0 saturated carbocycles. The average Bonchev–Trinajstić information content (AvgIpc) is 1.99. The largest absolute Gasteiger partial charge is 0.312 e. The zero-order chi connectivity index (χ0) is 9.03. The number of nitrogens with one attached hydrogen (secondary N) is 2. The fourth-order valence-electron chi connectivity index (χ4n) is 1.80. The van der Waals surface area contributed by atoms with E-state index in [-0.39, 0.29) is 0 Å². The highest BCUT2D eigenvalue weighted by molar-refractivity contribution is 4.90. The van der Waals surface area contributed by atoms with Crippen LogP contribution in [0.4, 0.5) is 0 Å². The number of rotatable bonds is 3. The van der Waals surface area contributed by atoms with Gasteiger partial charge < -0.3 is 10.6 Å². The standard InChI is InChI=1S/C10H20N2/c1-4-6-11-9-5-7-12-10(2,3)8-9/h4,9,11-12H,1,5-8H2,2-3H3. The highest BCUT2D eigenvalue weighted by Crippen LogP contribution is 2.17. The van der Waals surface area contributed by atoms with Crippen LogP contribution in [0.1, 0.15) is 26.7 Å². The van der Waals surface area contributed by atoms with E-state index >= 15 is 0 Å². The monoisotopic (exact) mass is 168 g/mol. The fraction of sp³-hybridized carbons (Fsp3) is 0.800. The first-order valence-electron chi connectivity index (χ1n) is 4.73. The Labute approximate surface area is 75.4 Å². The van der Waals surface area contributed by atoms with Crippen molar-refractivity contribution < 1.29 is 0 Å². The molecule has 0 bridgehead atoms.